The van der Waals surface area contributed by atoms with Gasteiger partial charge in [0.15, 0.2) is 0 Å². The number of nitrogens with one attached hydrogen (secondary N) is 1. The summed E-state index contributed by atoms with van der Waals surface area (Å²) in [6.45, 7) is 6.74. The summed E-state index contributed by atoms with van der Waals surface area (Å²) in [5.74, 6) is 1.04. The Labute approximate surface area is 122 Å². The maximum Gasteiger partial charge on any atom is 0.240 e. The maximum absolute atomic E-state index is 5.96. The lowest BCUT2D eigenvalue weighted by atomic mass is 10.1. The monoisotopic (exact) mass is 299 g/mol. The molecule has 1 aromatic heterocycles. The van der Waals surface area contributed by atoms with E-state index in [0.717, 1.165) is 5.56 Å². The molecule has 102 valence electrons. The fourth-order valence-electron chi connectivity index (χ4n) is 1.42. The lowest BCUT2D eigenvalue weighted by Gasteiger charge is -2.18. The van der Waals surface area contributed by atoms with Crippen molar-refractivity contribution in [3.05, 3.63) is 34.1 Å². The first-order chi connectivity index (χ1) is 8.85. The van der Waals surface area contributed by atoms with Crippen LogP contribution in [-0.2, 0) is 6.54 Å². The average molecular weight is 300 g/mol. The number of rotatable bonds is 3. The van der Waals surface area contributed by atoms with Crippen LogP contribution in [-0.4, -0.2) is 15.7 Å². The summed E-state index contributed by atoms with van der Waals surface area (Å²) in [7, 11) is 0. The second-order valence-corrected chi connectivity index (χ2v) is 6.06. The Morgan fingerprint density at radius 3 is 2.58 bits per heavy atom. The van der Waals surface area contributed by atoms with Crippen molar-refractivity contribution in [3.63, 3.8) is 0 Å². The van der Waals surface area contributed by atoms with Gasteiger partial charge in [-0.1, -0.05) is 28.4 Å². The Morgan fingerprint density at radius 2 is 1.95 bits per heavy atom. The first-order valence-corrected chi connectivity index (χ1v) is 6.64. The van der Waals surface area contributed by atoms with E-state index >= 15 is 0 Å². The van der Waals surface area contributed by atoms with E-state index in [2.05, 4.69) is 36.2 Å². The van der Waals surface area contributed by atoms with Crippen LogP contribution in [0.25, 0.3) is 11.4 Å². The van der Waals surface area contributed by atoms with E-state index in [1.807, 2.05) is 0 Å². The minimum atomic E-state index is -0.00177. The van der Waals surface area contributed by atoms with Gasteiger partial charge >= 0.3 is 0 Å². The third-order valence-corrected chi connectivity index (χ3v) is 3.15. The molecule has 6 heteroatoms. The summed E-state index contributed by atoms with van der Waals surface area (Å²) in [6, 6.07) is 5.23. The number of nitrogens with zero attached hydrogens (tertiary/aromatic N) is 2. The maximum atomic E-state index is 5.96. The molecule has 0 aliphatic carbocycles. The highest BCUT2D eigenvalue weighted by atomic mass is 35.5. The minimum absolute atomic E-state index is 0.00177. The zero-order valence-corrected chi connectivity index (χ0v) is 12.5. The van der Waals surface area contributed by atoms with Gasteiger partial charge in [-0.15, -0.1) is 0 Å². The Kier molecular flexibility index (Phi) is 4.13. The third-order valence-electron chi connectivity index (χ3n) is 2.42. The van der Waals surface area contributed by atoms with E-state index in [1.165, 1.54) is 0 Å². The van der Waals surface area contributed by atoms with E-state index in [9.17, 15) is 0 Å². The quantitative estimate of drug-likeness (QED) is 0.933. The van der Waals surface area contributed by atoms with E-state index < -0.39 is 0 Å². The molecule has 2 rings (SSSR count). The van der Waals surface area contributed by atoms with Crippen molar-refractivity contribution >= 4 is 23.2 Å². The molecular formula is C13H15Cl2N3O. The Hall–Kier alpha value is -1.10. The normalized spacial score (nSPS) is 11.8. The number of halogens is 2. The standard InChI is InChI=1S/C13H15Cl2N3O/c1-13(2,3)16-7-11-17-12(18-19-11)8-4-5-9(14)10(15)6-8/h4-6,16H,7H2,1-3H3. The van der Waals surface area contributed by atoms with Gasteiger partial charge < -0.3 is 9.84 Å². The lowest BCUT2D eigenvalue weighted by Crippen LogP contribution is -2.35. The highest BCUT2D eigenvalue weighted by molar-refractivity contribution is 6.42. The van der Waals surface area contributed by atoms with Gasteiger partial charge in [-0.05, 0) is 39.0 Å². The number of aromatic nitrogens is 2. The molecule has 0 aliphatic rings. The van der Waals surface area contributed by atoms with Gasteiger partial charge in [0, 0.05) is 11.1 Å². The lowest BCUT2D eigenvalue weighted by molar-refractivity contribution is 0.336. The van der Waals surface area contributed by atoms with Crippen LogP contribution in [0, 0.1) is 0 Å². The second-order valence-electron chi connectivity index (χ2n) is 5.24. The topological polar surface area (TPSA) is 51.0 Å². The first-order valence-electron chi connectivity index (χ1n) is 5.88. The SMILES string of the molecule is CC(C)(C)NCc1nc(-c2ccc(Cl)c(Cl)c2)no1. The van der Waals surface area contributed by atoms with Crippen LogP contribution in [0.15, 0.2) is 22.7 Å². The van der Waals surface area contributed by atoms with Gasteiger partial charge in [-0.2, -0.15) is 4.98 Å². The summed E-state index contributed by atoms with van der Waals surface area (Å²) in [4.78, 5) is 4.31. The van der Waals surface area contributed by atoms with Crippen molar-refractivity contribution in [2.45, 2.75) is 32.9 Å². The molecule has 0 spiro atoms. The summed E-state index contributed by atoms with van der Waals surface area (Å²) in [5, 5.41) is 8.18. The van der Waals surface area contributed by atoms with Crippen LogP contribution in [0.1, 0.15) is 26.7 Å². The van der Waals surface area contributed by atoms with Crippen LogP contribution < -0.4 is 5.32 Å². The van der Waals surface area contributed by atoms with E-state index in [4.69, 9.17) is 27.7 Å². The molecule has 19 heavy (non-hydrogen) atoms. The average Bonchev–Trinajstić information content (AvgIpc) is 2.78. The summed E-state index contributed by atoms with van der Waals surface area (Å²) in [5.41, 5.74) is 0.776. The Morgan fingerprint density at radius 1 is 1.21 bits per heavy atom. The van der Waals surface area contributed by atoms with Crippen LogP contribution in [0.4, 0.5) is 0 Å². The van der Waals surface area contributed by atoms with Gasteiger partial charge in [-0.3, -0.25) is 0 Å². The van der Waals surface area contributed by atoms with Gasteiger partial charge in [0.1, 0.15) is 0 Å². The molecule has 1 aromatic carbocycles. The van der Waals surface area contributed by atoms with Crippen molar-refractivity contribution in [2.24, 2.45) is 0 Å². The molecule has 0 saturated carbocycles. The van der Waals surface area contributed by atoms with E-state index in [1.54, 1.807) is 18.2 Å². The molecule has 1 N–H and O–H groups in total. The smallest absolute Gasteiger partial charge is 0.240 e. The molecule has 0 amide bonds. The number of hydrogen-bond donors (Lipinski definition) is 1. The first kappa shape index (κ1) is 14.3. The van der Waals surface area contributed by atoms with Gasteiger partial charge in [-0.25, -0.2) is 0 Å². The fourth-order valence-corrected chi connectivity index (χ4v) is 1.72. The molecule has 0 bridgehead atoms. The van der Waals surface area contributed by atoms with Crippen molar-refractivity contribution in [1.29, 1.82) is 0 Å². The van der Waals surface area contributed by atoms with E-state index in [0.29, 0.717) is 28.3 Å². The number of hydrogen-bond acceptors (Lipinski definition) is 4. The van der Waals surface area contributed by atoms with Crippen LogP contribution in [0.2, 0.25) is 10.0 Å². The zero-order chi connectivity index (χ0) is 14.0. The Balaban J connectivity index is 2.14. The largest absolute Gasteiger partial charge is 0.338 e. The third kappa shape index (κ3) is 3.93. The van der Waals surface area contributed by atoms with E-state index in [-0.39, 0.29) is 5.54 Å². The molecule has 0 fully saturated rings. The molecule has 0 atom stereocenters. The van der Waals surface area contributed by atoms with Crippen LogP contribution in [0.3, 0.4) is 0 Å². The second kappa shape index (κ2) is 5.49. The molecular weight excluding hydrogens is 285 g/mol. The van der Waals surface area contributed by atoms with Gasteiger partial charge in [0.2, 0.25) is 11.7 Å². The van der Waals surface area contributed by atoms with Crippen LogP contribution in [0.5, 0.6) is 0 Å². The van der Waals surface area contributed by atoms with Gasteiger partial charge in [0.25, 0.3) is 0 Å². The highest BCUT2D eigenvalue weighted by Gasteiger charge is 2.13. The fraction of sp³-hybridized carbons (Fsp3) is 0.385. The molecule has 1 heterocycles. The summed E-state index contributed by atoms with van der Waals surface area (Å²) in [6.07, 6.45) is 0. The molecule has 2 aromatic rings. The van der Waals surface area contributed by atoms with Crippen molar-refractivity contribution < 1.29 is 4.52 Å². The van der Waals surface area contributed by atoms with Gasteiger partial charge in [0.05, 0.1) is 16.6 Å². The molecule has 0 radical (unpaired) electrons. The number of benzene rings is 1. The molecule has 0 aliphatic heterocycles. The predicted molar refractivity (Wildman–Crippen MR) is 76.3 cm³/mol. The van der Waals surface area contributed by atoms with Crippen molar-refractivity contribution in [3.8, 4) is 11.4 Å². The predicted octanol–water partition coefficient (Wildman–Crippen LogP) is 3.93. The van der Waals surface area contributed by atoms with Crippen molar-refractivity contribution in [1.82, 2.24) is 15.5 Å². The minimum Gasteiger partial charge on any atom is -0.338 e. The zero-order valence-electron chi connectivity index (χ0n) is 11.0. The summed E-state index contributed by atoms with van der Waals surface area (Å²) < 4.78 is 5.18. The Bertz CT molecular complexity index is 576. The van der Waals surface area contributed by atoms with Crippen LogP contribution >= 0.6 is 23.2 Å². The highest BCUT2D eigenvalue weighted by Crippen LogP contribution is 2.27. The molecule has 4 nitrogen and oxygen atoms in total. The van der Waals surface area contributed by atoms with Crippen molar-refractivity contribution in [2.75, 3.05) is 0 Å². The molecule has 0 saturated heterocycles. The molecule has 0 unspecified atom stereocenters. The summed E-state index contributed by atoms with van der Waals surface area (Å²) >= 11 is 11.8.